The molecular weight excluding hydrogens is 605 g/mol. The Labute approximate surface area is 280 Å². The maximum absolute atomic E-state index is 11.6. The Morgan fingerprint density at radius 3 is 1.45 bits per heavy atom. The Kier molecular flexibility index (Phi) is 13.0. The summed E-state index contributed by atoms with van der Waals surface area (Å²) < 4.78 is 33.1. The van der Waals surface area contributed by atoms with Crippen molar-refractivity contribution in [3.63, 3.8) is 0 Å². The molecule has 0 unspecified atom stereocenters. The van der Waals surface area contributed by atoms with E-state index in [9.17, 15) is 5.11 Å². The molecular formula is C40H46O6Si. The quantitative estimate of drug-likeness (QED) is 0.118. The van der Waals surface area contributed by atoms with Crippen molar-refractivity contribution < 1.29 is 28.8 Å². The van der Waals surface area contributed by atoms with E-state index in [4.69, 9.17) is 23.7 Å². The molecule has 7 heteroatoms. The summed E-state index contributed by atoms with van der Waals surface area (Å²) in [6.07, 6.45) is -4.31. The van der Waals surface area contributed by atoms with Crippen LogP contribution in [0.25, 0.3) is 0 Å². The molecule has 0 spiro atoms. The van der Waals surface area contributed by atoms with Gasteiger partial charge in [0.05, 0.1) is 33.0 Å². The lowest BCUT2D eigenvalue weighted by molar-refractivity contribution is -0.282. The first-order valence-electron chi connectivity index (χ1n) is 16.3. The molecule has 0 aromatic heterocycles. The van der Waals surface area contributed by atoms with E-state index in [0.717, 1.165) is 22.3 Å². The van der Waals surface area contributed by atoms with Crippen LogP contribution in [0.3, 0.4) is 0 Å². The van der Waals surface area contributed by atoms with Crippen LogP contribution in [-0.2, 0) is 50.1 Å². The van der Waals surface area contributed by atoms with E-state index in [2.05, 4.69) is 31.1 Å². The van der Waals surface area contributed by atoms with Crippen molar-refractivity contribution in [3.8, 4) is 11.5 Å². The fourth-order valence-electron chi connectivity index (χ4n) is 5.45. The minimum Gasteiger partial charge on any atom is -0.378 e. The largest absolute Gasteiger partial charge is 0.378 e. The number of ether oxygens (including phenoxy) is 5. The fourth-order valence-corrected chi connectivity index (χ4v) is 6.03. The van der Waals surface area contributed by atoms with Crippen molar-refractivity contribution in [1.82, 2.24) is 0 Å². The third-order valence-corrected chi connectivity index (χ3v) is 8.72. The van der Waals surface area contributed by atoms with Gasteiger partial charge in [-0.1, -0.05) is 147 Å². The van der Waals surface area contributed by atoms with Gasteiger partial charge in [0.1, 0.15) is 44.7 Å². The van der Waals surface area contributed by atoms with E-state index in [0.29, 0.717) is 26.4 Å². The molecule has 4 aromatic rings. The first-order chi connectivity index (χ1) is 22.9. The maximum Gasteiger partial charge on any atom is 0.142 e. The predicted octanol–water partition coefficient (Wildman–Crippen LogP) is 6.97. The number of rotatable bonds is 14. The van der Waals surface area contributed by atoms with Crippen LogP contribution in [0.4, 0.5) is 0 Å². The van der Waals surface area contributed by atoms with Gasteiger partial charge >= 0.3 is 0 Å². The normalized spacial score (nSPS) is 21.8. The van der Waals surface area contributed by atoms with Gasteiger partial charge in [0.25, 0.3) is 0 Å². The Morgan fingerprint density at radius 1 is 0.596 bits per heavy atom. The zero-order chi connectivity index (χ0) is 32.9. The van der Waals surface area contributed by atoms with Crippen LogP contribution in [0, 0.1) is 11.5 Å². The molecule has 0 aliphatic carbocycles. The maximum atomic E-state index is 11.6. The SMILES string of the molecule is C[Si](C)(C)C#C[C@@H](O)[C@@H]1O[C@H](COCc2ccccc2)[C@@H](OCc2ccccc2)[C@H](OCc2ccccc2)[C@H]1OCc1ccccc1. The van der Waals surface area contributed by atoms with Gasteiger partial charge in [0.15, 0.2) is 0 Å². The molecule has 246 valence electrons. The van der Waals surface area contributed by atoms with Crippen LogP contribution in [0.5, 0.6) is 0 Å². The molecule has 6 nitrogen and oxygen atoms in total. The van der Waals surface area contributed by atoms with Gasteiger partial charge in [-0.3, -0.25) is 0 Å². The lowest BCUT2D eigenvalue weighted by Crippen LogP contribution is -2.63. The second-order valence-electron chi connectivity index (χ2n) is 12.9. The fraction of sp³-hybridized carbons (Fsp3) is 0.350. The molecule has 5 rings (SSSR count). The zero-order valence-electron chi connectivity index (χ0n) is 27.5. The van der Waals surface area contributed by atoms with E-state index in [1.54, 1.807) is 0 Å². The summed E-state index contributed by atoms with van der Waals surface area (Å²) in [6, 6.07) is 40.1. The minimum atomic E-state index is -1.79. The molecule has 4 aromatic carbocycles. The van der Waals surface area contributed by atoms with Crippen molar-refractivity contribution in [2.24, 2.45) is 0 Å². The lowest BCUT2D eigenvalue weighted by atomic mass is 9.91. The average Bonchev–Trinajstić information content (AvgIpc) is 3.09. The van der Waals surface area contributed by atoms with E-state index in [1.165, 1.54) is 0 Å². The monoisotopic (exact) mass is 650 g/mol. The highest BCUT2D eigenvalue weighted by molar-refractivity contribution is 6.83. The van der Waals surface area contributed by atoms with E-state index in [1.807, 2.05) is 121 Å². The van der Waals surface area contributed by atoms with Crippen molar-refractivity contribution in [1.29, 1.82) is 0 Å². The van der Waals surface area contributed by atoms with Crippen LogP contribution in [0.2, 0.25) is 19.6 Å². The van der Waals surface area contributed by atoms with Crippen molar-refractivity contribution in [2.45, 2.75) is 82.7 Å². The Bertz CT molecular complexity index is 1520. The average molecular weight is 651 g/mol. The van der Waals surface area contributed by atoms with Crippen LogP contribution in [0.15, 0.2) is 121 Å². The van der Waals surface area contributed by atoms with Gasteiger partial charge < -0.3 is 28.8 Å². The van der Waals surface area contributed by atoms with E-state index >= 15 is 0 Å². The van der Waals surface area contributed by atoms with Crippen LogP contribution >= 0.6 is 0 Å². The van der Waals surface area contributed by atoms with E-state index in [-0.39, 0.29) is 6.61 Å². The van der Waals surface area contributed by atoms with Crippen LogP contribution < -0.4 is 0 Å². The molecule has 0 saturated carbocycles. The number of aliphatic hydroxyl groups excluding tert-OH is 1. The van der Waals surface area contributed by atoms with Gasteiger partial charge in [-0.05, 0) is 22.3 Å². The molecule has 0 bridgehead atoms. The summed E-state index contributed by atoms with van der Waals surface area (Å²) >= 11 is 0. The molecule has 1 aliphatic heterocycles. The number of aliphatic hydroxyl groups is 1. The predicted molar refractivity (Wildman–Crippen MR) is 187 cm³/mol. The van der Waals surface area contributed by atoms with Gasteiger partial charge in [0.2, 0.25) is 0 Å². The zero-order valence-corrected chi connectivity index (χ0v) is 28.5. The second-order valence-corrected chi connectivity index (χ2v) is 17.6. The minimum absolute atomic E-state index is 0.232. The van der Waals surface area contributed by atoms with Crippen molar-refractivity contribution in [3.05, 3.63) is 144 Å². The summed E-state index contributed by atoms with van der Waals surface area (Å²) in [4.78, 5) is 0. The highest BCUT2D eigenvalue weighted by Gasteiger charge is 2.50. The highest BCUT2D eigenvalue weighted by Crippen LogP contribution is 2.32. The second kappa shape index (κ2) is 17.5. The third-order valence-electron chi connectivity index (χ3n) is 7.83. The molecule has 47 heavy (non-hydrogen) atoms. The summed E-state index contributed by atoms with van der Waals surface area (Å²) in [5, 5.41) is 11.6. The summed E-state index contributed by atoms with van der Waals surface area (Å²) in [6.45, 7) is 8.09. The van der Waals surface area contributed by atoms with Gasteiger partial charge in [-0.15, -0.1) is 5.54 Å². The summed E-state index contributed by atoms with van der Waals surface area (Å²) in [5.74, 6) is 3.12. The van der Waals surface area contributed by atoms with Gasteiger partial charge in [-0.2, -0.15) is 0 Å². The first kappa shape index (κ1) is 34.7. The van der Waals surface area contributed by atoms with Gasteiger partial charge in [0, 0.05) is 0 Å². The van der Waals surface area contributed by atoms with E-state index < -0.39 is 44.7 Å². The summed E-state index contributed by atoms with van der Waals surface area (Å²) in [5.41, 5.74) is 7.44. The van der Waals surface area contributed by atoms with Crippen molar-refractivity contribution >= 4 is 8.07 Å². The standard InChI is InChI=1S/C40H46O6Si/c1-47(2,3)25-24-35(41)37-39(44-28-33-20-12-6-13-21-33)40(45-29-34-22-14-7-15-23-34)38(43-27-32-18-10-5-11-19-32)36(46-37)30-42-26-31-16-8-4-9-17-31/h4-23,35-41H,26-30H2,1-3H3/t35-,36-,37+,38-,39+,40+/m1/s1. The van der Waals surface area contributed by atoms with Crippen LogP contribution in [0.1, 0.15) is 22.3 Å². The Balaban J connectivity index is 1.48. The molecule has 1 aliphatic rings. The first-order valence-corrected chi connectivity index (χ1v) is 19.8. The third kappa shape index (κ3) is 11.0. The highest BCUT2D eigenvalue weighted by atomic mass is 28.3. The molecule has 1 heterocycles. The number of hydrogen-bond donors (Lipinski definition) is 1. The summed E-state index contributed by atoms with van der Waals surface area (Å²) in [7, 11) is -1.79. The smallest absolute Gasteiger partial charge is 0.142 e. The molecule has 0 amide bonds. The molecule has 1 N–H and O–H groups in total. The molecule has 0 radical (unpaired) electrons. The van der Waals surface area contributed by atoms with Gasteiger partial charge in [-0.25, -0.2) is 0 Å². The number of hydrogen-bond acceptors (Lipinski definition) is 6. The van der Waals surface area contributed by atoms with Crippen LogP contribution in [-0.4, -0.2) is 56.4 Å². The lowest BCUT2D eigenvalue weighted by Gasteiger charge is -2.47. The Morgan fingerprint density at radius 2 is 1.00 bits per heavy atom. The Hall–Kier alpha value is -3.58. The topological polar surface area (TPSA) is 66.4 Å². The molecule has 6 atom stereocenters. The van der Waals surface area contributed by atoms with Crippen molar-refractivity contribution in [2.75, 3.05) is 6.61 Å². The molecule has 1 fully saturated rings. The number of benzene rings is 4. The molecule has 1 saturated heterocycles.